The van der Waals surface area contributed by atoms with E-state index in [2.05, 4.69) is 5.16 Å². The fourth-order valence-electron chi connectivity index (χ4n) is 2.00. The molecule has 26 heavy (non-hydrogen) atoms. The van der Waals surface area contributed by atoms with E-state index >= 15 is 0 Å². The molecule has 0 saturated carbocycles. The van der Waals surface area contributed by atoms with E-state index < -0.39 is 17.3 Å². The minimum absolute atomic E-state index is 0.105. The molecule has 142 valence electrons. The van der Waals surface area contributed by atoms with Crippen molar-refractivity contribution in [1.29, 1.82) is 0 Å². The first kappa shape index (κ1) is 19.8. The van der Waals surface area contributed by atoms with Crippen molar-refractivity contribution in [2.75, 3.05) is 13.2 Å². The number of hydrogen-bond donors (Lipinski definition) is 0. The molecule has 0 aliphatic carbocycles. The lowest BCUT2D eigenvalue weighted by atomic mass is 10.1. The van der Waals surface area contributed by atoms with Crippen LogP contribution in [0.5, 0.6) is 5.88 Å². The van der Waals surface area contributed by atoms with Crippen LogP contribution in [-0.4, -0.2) is 35.4 Å². The minimum Gasteiger partial charge on any atom is -0.474 e. The Kier molecular flexibility index (Phi) is 5.91. The van der Waals surface area contributed by atoms with Crippen LogP contribution in [0, 0.1) is 0 Å². The fraction of sp³-hybridized carbons (Fsp3) is 0.412. The zero-order chi connectivity index (χ0) is 19.4. The molecular weight excluding hydrogens is 353 g/mol. The normalized spacial score (nSPS) is 12.1. The third-order valence-corrected chi connectivity index (χ3v) is 3.06. The number of nitrogens with zero attached hydrogens (tertiary/aromatic N) is 2. The van der Waals surface area contributed by atoms with Crippen molar-refractivity contribution >= 4 is 6.41 Å². The van der Waals surface area contributed by atoms with Crippen molar-refractivity contribution in [2.45, 2.75) is 32.5 Å². The molecule has 1 amide bonds. The molecule has 0 fully saturated rings. The summed E-state index contributed by atoms with van der Waals surface area (Å²) in [5, 5.41) is 4.80. The summed E-state index contributed by atoms with van der Waals surface area (Å²) >= 11 is 0. The van der Waals surface area contributed by atoms with Gasteiger partial charge < -0.3 is 9.26 Å². The summed E-state index contributed by atoms with van der Waals surface area (Å²) in [6.07, 6.45) is -3.85. The molecule has 0 aliphatic rings. The van der Waals surface area contributed by atoms with E-state index in [4.69, 9.17) is 14.1 Å². The average Bonchev–Trinajstić information content (AvgIpc) is 3.01. The molecule has 9 heteroatoms. The molecule has 6 nitrogen and oxygen atoms in total. The predicted molar refractivity (Wildman–Crippen MR) is 86.0 cm³/mol. The standard InChI is InChI=1S/C17H19F3N2O4/c1-16(2,3)26-22(11-23)8-9-24-15-10-14(25-21-15)12-4-6-13(7-5-12)17(18,19)20/h4-7,10-11H,8-9H2,1-3H3. The zero-order valence-electron chi connectivity index (χ0n) is 14.5. The van der Waals surface area contributed by atoms with Gasteiger partial charge in [-0.05, 0) is 38.1 Å². The van der Waals surface area contributed by atoms with Gasteiger partial charge in [0.15, 0.2) is 5.76 Å². The fourth-order valence-corrected chi connectivity index (χ4v) is 2.00. The predicted octanol–water partition coefficient (Wildman–Crippen LogP) is 3.93. The molecule has 1 aromatic heterocycles. The van der Waals surface area contributed by atoms with Gasteiger partial charge in [-0.1, -0.05) is 12.1 Å². The number of ether oxygens (including phenoxy) is 1. The Morgan fingerprint density at radius 1 is 1.19 bits per heavy atom. The first-order valence-electron chi connectivity index (χ1n) is 7.77. The van der Waals surface area contributed by atoms with Crippen LogP contribution in [0.25, 0.3) is 11.3 Å². The quantitative estimate of drug-likeness (QED) is 0.544. The van der Waals surface area contributed by atoms with Gasteiger partial charge >= 0.3 is 6.18 Å². The van der Waals surface area contributed by atoms with Gasteiger partial charge in [-0.2, -0.15) is 13.2 Å². The monoisotopic (exact) mass is 372 g/mol. The van der Waals surface area contributed by atoms with Crippen LogP contribution in [-0.2, 0) is 15.8 Å². The van der Waals surface area contributed by atoms with Gasteiger partial charge in [-0.3, -0.25) is 9.63 Å². The van der Waals surface area contributed by atoms with Crippen molar-refractivity contribution < 1.29 is 32.1 Å². The summed E-state index contributed by atoms with van der Waals surface area (Å²) in [6, 6.07) is 5.96. The molecule has 0 bridgehead atoms. The summed E-state index contributed by atoms with van der Waals surface area (Å²) in [4.78, 5) is 16.3. The largest absolute Gasteiger partial charge is 0.474 e. The van der Waals surface area contributed by atoms with E-state index in [0.29, 0.717) is 12.0 Å². The Balaban J connectivity index is 1.92. The molecule has 0 aliphatic heterocycles. The van der Waals surface area contributed by atoms with Crippen molar-refractivity contribution in [3.8, 4) is 17.2 Å². The number of aromatic nitrogens is 1. The number of alkyl halides is 3. The molecule has 1 aromatic carbocycles. The van der Waals surface area contributed by atoms with Crippen LogP contribution >= 0.6 is 0 Å². The Labute approximate surface area is 148 Å². The highest BCUT2D eigenvalue weighted by atomic mass is 19.4. The van der Waals surface area contributed by atoms with Crippen molar-refractivity contribution in [3.05, 3.63) is 35.9 Å². The maximum atomic E-state index is 12.6. The van der Waals surface area contributed by atoms with Crippen molar-refractivity contribution in [2.24, 2.45) is 0 Å². The van der Waals surface area contributed by atoms with E-state index in [1.807, 2.05) is 0 Å². The van der Waals surface area contributed by atoms with E-state index in [9.17, 15) is 18.0 Å². The van der Waals surface area contributed by atoms with Gasteiger partial charge in [0.1, 0.15) is 6.61 Å². The van der Waals surface area contributed by atoms with Crippen molar-refractivity contribution in [1.82, 2.24) is 10.2 Å². The zero-order valence-corrected chi connectivity index (χ0v) is 14.5. The van der Waals surface area contributed by atoms with E-state index in [1.54, 1.807) is 20.8 Å². The summed E-state index contributed by atoms with van der Waals surface area (Å²) in [6.45, 7) is 5.69. The van der Waals surface area contributed by atoms with E-state index in [0.717, 1.165) is 17.2 Å². The molecule has 0 spiro atoms. The number of carbonyl (C=O) groups is 1. The molecule has 0 N–H and O–H groups in total. The van der Waals surface area contributed by atoms with Gasteiger partial charge in [0, 0.05) is 11.6 Å². The first-order chi connectivity index (χ1) is 12.1. The number of hydrogen-bond acceptors (Lipinski definition) is 5. The Hall–Kier alpha value is -2.55. The van der Waals surface area contributed by atoms with Gasteiger partial charge in [0.05, 0.1) is 17.7 Å². The average molecular weight is 372 g/mol. The second kappa shape index (κ2) is 7.77. The topological polar surface area (TPSA) is 64.8 Å². The second-order valence-electron chi connectivity index (χ2n) is 6.40. The number of carbonyl (C=O) groups excluding carboxylic acids is 1. The third kappa shape index (κ3) is 5.76. The maximum Gasteiger partial charge on any atom is 0.416 e. The molecular formula is C17H19F3N2O4. The Morgan fingerprint density at radius 3 is 2.38 bits per heavy atom. The Morgan fingerprint density at radius 2 is 1.85 bits per heavy atom. The molecule has 2 rings (SSSR count). The number of amides is 1. The van der Waals surface area contributed by atoms with Crippen LogP contribution in [0.15, 0.2) is 34.9 Å². The van der Waals surface area contributed by atoms with Gasteiger partial charge in [0.2, 0.25) is 6.41 Å². The van der Waals surface area contributed by atoms with Gasteiger partial charge in [-0.15, -0.1) is 0 Å². The van der Waals surface area contributed by atoms with Crippen LogP contribution in [0.3, 0.4) is 0 Å². The highest BCUT2D eigenvalue weighted by molar-refractivity contribution is 5.58. The van der Waals surface area contributed by atoms with Gasteiger partial charge in [-0.25, -0.2) is 5.06 Å². The lowest BCUT2D eigenvalue weighted by Gasteiger charge is -2.26. The number of hydroxylamine groups is 2. The third-order valence-electron chi connectivity index (χ3n) is 3.06. The van der Waals surface area contributed by atoms with Crippen LogP contribution in [0.2, 0.25) is 0 Å². The number of benzene rings is 1. The summed E-state index contributed by atoms with van der Waals surface area (Å²) in [7, 11) is 0. The summed E-state index contributed by atoms with van der Waals surface area (Å²) in [5.74, 6) is 0.424. The maximum absolute atomic E-state index is 12.6. The first-order valence-corrected chi connectivity index (χ1v) is 7.77. The number of halogens is 3. The summed E-state index contributed by atoms with van der Waals surface area (Å²) in [5.41, 5.74) is -0.833. The highest BCUT2D eigenvalue weighted by Gasteiger charge is 2.30. The number of rotatable bonds is 7. The van der Waals surface area contributed by atoms with Crippen LogP contribution < -0.4 is 4.74 Å². The molecule has 0 radical (unpaired) electrons. The smallest absolute Gasteiger partial charge is 0.416 e. The van der Waals surface area contributed by atoms with E-state index in [1.165, 1.54) is 18.2 Å². The van der Waals surface area contributed by atoms with Crippen molar-refractivity contribution in [3.63, 3.8) is 0 Å². The molecule has 1 heterocycles. The van der Waals surface area contributed by atoms with E-state index in [-0.39, 0.29) is 24.8 Å². The molecule has 2 aromatic rings. The lowest BCUT2D eigenvalue weighted by molar-refractivity contribution is -0.217. The van der Waals surface area contributed by atoms with Crippen LogP contribution in [0.4, 0.5) is 13.2 Å². The lowest BCUT2D eigenvalue weighted by Crippen LogP contribution is -2.35. The van der Waals surface area contributed by atoms with Gasteiger partial charge in [0.25, 0.3) is 5.88 Å². The summed E-state index contributed by atoms with van der Waals surface area (Å²) < 4.78 is 48.1. The highest BCUT2D eigenvalue weighted by Crippen LogP contribution is 2.31. The molecule has 0 atom stereocenters. The SMILES string of the molecule is CC(C)(C)ON(C=O)CCOc1cc(-c2ccc(C(F)(F)F)cc2)on1. The second-order valence-corrected chi connectivity index (χ2v) is 6.40. The molecule has 0 unspecified atom stereocenters. The Bertz CT molecular complexity index is 721. The minimum atomic E-state index is -4.40. The van der Waals surface area contributed by atoms with Crippen LogP contribution in [0.1, 0.15) is 26.3 Å². The molecule has 0 saturated heterocycles.